The maximum Gasteiger partial charge on any atom is 0.330 e. The highest BCUT2D eigenvalue weighted by molar-refractivity contribution is 5.78. The van der Waals surface area contributed by atoms with E-state index in [1.165, 1.54) is 0 Å². The molecule has 0 aromatic carbocycles. The summed E-state index contributed by atoms with van der Waals surface area (Å²) in [6, 6.07) is 4.08. The van der Waals surface area contributed by atoms with Crippen molar-refractivity contribution in [1.29, 1.82) is 0 Å². The number of hydrogen-bond acceptors (Lipinski definition) is 6. The number of amides is 1. The van der Waals surface area contributed by atoms with Gasteiger partial charge in [-0.2, -0.15) is 0 Å². The highest BCUT2D eigenvalue weighted by atomic mass is 16.2. The molecule has 33 heavy (non-hydrogen) atoms. The molecule has 4 heterocycles. The van der Waals surface area contributed by atoms with E-state index in [4.69, 9.17) is 0 Å². The van der Waals surface area contributed by atoms with Gasteiger partial charge in [-0.25, -0.2) is 14.8 Å². The number of carbonyl (C=O) groups is 1. The monoisotopic (exact) mass is 451 g/mol. The van der Waals surface area contributed by atoms with Crippen LogP contribution in [0.1, 0.15) is 51.5 Å². The van der Waals surface area contributed by atoms with Crippen LogP contribution in [0.4, 0.5) is 5.82 Å². The lowest BCUT2D eigenvalue weighted by molar-refractivity contribution is -0.127. The minimum absolute atomic E-state index is 0.236. The number of likely N-dealkylation sites (tertiary alicyclic amines) is 1. The minimum atomic E-state index is -0.453. The molecule has 1 aliphatic carbocycles. The van der Waals surface area contributed by atoms with E-state index in [0.29, 0.717) is 30.0 Å². The first kappa shape index (κ1) is 21.4. The Morgan fingerprint density at radius 1 is 1.18 bits per heavy atom. The average Bonchev–Trinajstić information content (AvgIpc) is 3.44. The van der Waals surface area contributed by atoms with Crippen molar-refractivity contribution in [2.45, 2.75) is 58.0 Å². The third-order valence-corrected chi connectivity index (χ3v) is 6.29. The van der Waals surface area contributed by atoms with E-state index in [2.05, 4.69) is 20.3 Å². The van der Waals surface area contributed by atoms with Gasteiger partial charge in [0, 0.05) is 50.4 Å². The number of fused-ring (bicyclic) bond motifs is 1. The van der Waals surface area contributed by atoms with Crippen LogP contribution >= 0.6 is 0 Å². The van der Waals surface area contributed by atoms with E-state index in [0.717, 1.165) is 63.1 Å². The summed E-state index contributed by atoms with van der Waals surface area (Å²) in [5, 5.41) is 3.30. The molecule has 3 aromatic rings. The fourth-order valence-electron chi connectivity index (χ4n) is 4.53. The molecule has 5 rings (SSSR count). The third kappa shape index (κ3) is 4.17. The summed E-state index contributed by atoms with van der Waals surface area (Å²) in [6.45, 7) is 4.89. The lowest BCUT2D eigenvalue weighted by atomic mass is 10.2. The summed E-state index contributed by atoms with van der Waals surface area (Å²) < 4.78 is 3.67. The molecule has 0 unspecified atom stereocenters. The first-order chi connectivity index (χ1) is 16.1. The fourth-order valence-corrected chi connectivity index (χ4v) is 4.53. The molecule has 0 radical (unpaired) electrons. The van der Waals surface area contributed by atoms with Crippen molar-refractivity contribution in [3.05, 3.63) is 39.2 Å². The van der Waals surface area contributed by atoms with E-state index in [1.54, 1.807) is 10.8 Å². The Hall–Kier alpha value is -3.43. The number of anilines is 1. The summed E-state index contributed by atoms with van der Waals surface area (Å²) in [4.78, 5) is 50.2. The lowest BCUT2D eigenvalue weighted by Gasteiger charge is -2.15. The second-order valence-electron chi connectivity index (χ2n) is 8.82. The molecular weight excluding hydrogens is 422 g/mol. The van der Waals surface area contributed by atoms with Gasteiger partial charge >= 0.3 is 5.69 Å². The van der Waals surface area contributed by atoms with E-state index >= 15 is 0 Å². The normalized spacial score (nSPS) is 16.2. The smallest absolute Gasteiger partial charge is 0.330 e. The Bertz CT molecular complexity index is 1280. The number of H-pyrrole nitrogens is 1. The van der Waals surface area contributed by atoms with Gasteiger partial charge in [0.15, 0.2) is 11.2 Å². The molecule has 10 heteroatoms. The maximum atomic E-state index is 12.5. The van der Waals surface area contributed by atoms with E-state index in [1.807, 2.05) is 28.5 Å². The Morgan fingerprint density at radius 2 is 2.03 bits per heavy atom. The van der Waals surface area contributed by atoms with Gasteiger partial charge < -0.3 is 14.8 Å². The third-order valence-electron chi connectivity index (χ3n) is 6.29. The van der Waals surface area contributed by atoms with Crippen LogP contribution in [0.5, 0.6) is 0 Å². The van der Waals surface area contributed by atoms with Crippen LogP contribution in [0.2, 0.25) is 0 Å². The van der Waals surface area contributed by atoms with Crippen LogP contribution in [0.25, 0.3) is 22.6 Å². The number of imidazole rings is 1. The molecule has 2 aliphatic rings. The molecule has 1 saturated carbocycles. The Labute approximate surface area is 190 Å². The second-order valence-corrected chi connectivity index (χ2v) is 8.82. The van der Waals surface area contributed by atoms with E-state index < -0.39 is 11.2 Å². The molecule has 0 atom stereocenters. The van der Waals surface area contributed by atoms with Crippen molar-refractivity contribution in [1.82, 2.24) is 29.0 Å². The van der Waals surface area contributed by atoms with Crippen LogP contribution < -0.4 is 16.6 Å². The molecule has 2 fully saturated rings. The number of nitrogens with zero attached hydrogens (tertiary/aromatic N) is 5. The zero-order valence-electron chi connectivity index (χ0n) is 18.8. The Kier molecular flexibility index (Phi) is 5.74. The van der Waals surface area contributed by atoms with Crippen molar-refractivity contribution in [3.63, 3.8) is 0 Å². The number of aryl methyl sites for hydroxylation is 1. The molecule has 0 spiro atoms. The van der Waals surface area contributed by atoms with Crippen LogP contribution in [0, 0.1) is 0 Å². The SMILES string of the molecule is CCCn1c(=O)[nH]c(=O)c2nc(-c3ccc(NCCCN4CCCC4=O)nc3)n(C3CC3)c21. The van der Waals surface area contributed by atoms with Crippen LogP contribution in [0.3, 0.4) is 0 Å². The van der Waals surface area contributed by atoms with Gasteiger partial charge in [-0.3, -0.25) is 19.1 Å². The zero-order valence-corrected chi connectivity index (χ0v) is 18.8. The summed E-state index contributed by atoms with van der Waals surface area (Å²) >= 11 is 0. The fraction of sp³-hybridized carbons (Fsp3) is 0.522. The molecular formula is C23H29N7O3. The van der Waals surface area contributed by atoms with Gasteiger partial charge in [0.05, 0.1) is 0 Å². The van der Waals surface area contributed by atoms with Crippen molar-refractivity contribution in [2.24, 2.45) is 0 Å². The minimum Gasteiger partial charge on any atom is -0.370 e. The molecule has 10 nitrogen and oxygen atoms in total. The van der Waals surface area contributed by atoms with Gasteiger partial charge in [0.1, 0.15) is 11.6 Å². The topological polar surface area (TPSA) is 118 Å². The number of nitrogens with one attached hydrogen (secondary N) is 2. The first-order valence-electron chi connectivity index (χ1n) is 11.8. The summed E-state index contributed by atoms with van der Waals surface area (Å²) in [7, 11) is 0. The van der Waals surface area contributed by atoms with E-state index in [-0.39, 0.29) is 11.9 Å². The van der Waals surface area contributed by atoms with Crippen LogP contribution in [-0.4, -0.2) is 54.5 Å². The summed E-state index contributed by atoms with van der Waals surface area (Å²) in [5.41, 5.74) is 0.855. The number of carbonyl (C=O) groups excluding carboxylic acids is 1. The predicted octanol–water partition coefficient (Wildman–Crippen LogP) is 2.12. The van der Waals surface area contributed by atoms with Crippen LogP contribution in [-0.2, 0) is 11.3 Å². The number of rotatable bonds is 9. The second kappa shape index (κ2) is 8.84. The maximum absolute atomic E-state index is 12.5. The van der Waals surface area contributed by atoms with Crippen molar-refractivity contribution < 1.29 is 4.79 Å². The molecule has 1 aliphatic heterocycles. The molecule has 1 saturated heterocycles. The average molecular weight is 452 g/mol. The summed E-state index contributed by atoms with van der Waals surface area (Å²) in [5.74, 6) is 1.67. The molecule has 2 N–H and O–H groups in total. The van der Waals surface area contributed by atoms with Crippen molar-refractivity contribution in [3.8, 4) is 11.4 Å². The van der Waals surface area contributed by atoms with E-state index in [9.17, 15) is 14.4 Å². The van der Waals surface area contributed by atoms with Gasteiger partial charge in [0.2, 0.25) is 5.91 Å². The number of aromatic amines is 1. The van der Waals surface area contributed by atoms with Gasteiger partial charge in [0.25, 0.3) is 5.56 Å². The molecule has 1 amide bonds. The van der Waals surface area contributed by atoms with Crippen molar-refractivity contribution in [2.75, 3.05) is 25.0 Å². The Morgan fingerprint density at radius 3 is 2.70 bits per heavy atom. The quantitative estimate of drug-likeness (QED) is 0.481. The number of hydrogen-bond donors (Lipinski definition) is 2. The lowest BCUT2D eigenvalue weighted by Crippen LogP contribution is -2.31. The highest BCUT2D eigenvalue weighted by Gasteiger charge is 2.31. The first-order valence-corrected chi connectivity index (χ1v) is 11.8. The zero-order chi connectivity index (χ0) is 22.9. The van der Waals surface area contributed by atoms with Gasteiger partial charge in [-0.05, 0) is 44.2 Å². The number of pyridine rings is 1. The molecule has 3 aromatic heterocycles. The molecule has 0 bridgehead atoms. The van der Waals surface area contributed by atoms with Crippen LogP contribution in [0.15, 0.2) is 27.9 Å². The Balaban J connectivity index is 1.38. The van der Waals surface area contributed by atoms with Gasteiger partial charge in [-0.15, -0.1) is 0 Å². The number of aromatic nitrogens is 5. The van der Waals surface area contributed by atoms with Crippen molar-refractivity contribution >= 4 is 22.9 Å². The predicted molar refractivity (Wildman–Crippen MR) is 125 cm³/mol. The standard InChI is InChI=1S/C23H29N7O3/c1-2-11-29-22-19(21(32)27-23(29)33)26-20(30(22)16-7-8-16)15-6-9-17(25-14-15)24-10-4-13-28-12-3-5-18(28)31/h6,9,14,16H,2-5,7-8,10-13H2,1H3,(H,24,25)(H,27,32,33). The summed E-state index contributed by atoms with van der Waals surface area (Å²) in [6.07, 6.45) is 7.02. The molecule has 174 valence electrons. The van der Waals surface area contributed by atoms with Gasteiger partial charge in [-0.1, -0.05) is 6.92 Å². The largest absolute Gasteiger partial charge is 0.370 e. The highest BCUT2D eigenvalue weighted by Crippen LogP contribution is 2.40.